The standard InChI is InChI=1S/C28H44O4S/c1-17(9-12-23(30)32-16-33-5)19-10-11-21-25-22(13-15-28(19,21)4)27(3)14-7-6-8-20(27)24(18(2)29)26(25)31/h17,19-22,25,31H,6-16H2,1-5H3/t17?,19-,20?,21+,22+,25+,27+,28-/m1/s1. The van der Waals surface area contributed by atoms with E-state index in [0.717, 1.165) is 37.7 Å². The number of Topliss-reactive ketones (excluding diaryl/α,β-unsaturated/α-hetero) is 1. The summed E-state index contributed by atoms with van der Waals surface area (Å²) in [5.74, 6) is 3.19. The Morgan fingerprint density at radius 2 is 1.82 bits per heavy atom. The van der Waals surface area contributed by atoms with Crippen molar-refractivity contribution in [2.24, 2.45) is 46.3 Å². The van der Waals surface area contributed by atoms with Crippen LogP contribution in [0.1, 0.15) is 91.9 Å². The Kier molecular flexibility index (Phi) is 7.30. The Bertz CT molecular complexity index is 806. The summed E-state index contributed by atoms with van der Waals surface area (Å²) in [5.41, 5.74) is 1.08. The lowest BCUT2D eigenvalue weighted by molar-refractivity contribution is -0.142. The van der Waals surface area contributed by atoms with Crippen molar-refractivity contribution in [1.29, 1.82) is 0 Å². The number of carbonyl (C=O) groups excluding carboxylic acids is 2. The molecule has 4 rings (SSSR count). The van der Waals surface area contributed by atoms with Crippen LogP contribution in [0.15, 0.2) is 11.3 Å². The van der Waals surface area contributed by atoms with Crippen LogP contribution in [0.5, 0.6) is 0 Å². The van der Waals surface area contributed by atoms with E-state index in [4.69, 9.17) is 4.74 Å². The number of carbonyl (C=O) groups is 2. The maximum Gasteiger partial charge on any atom is 0.306 e. The van der Waals surface area contributed by atoms with Crippen LogP contribution in [0.2, 0.25) is 0 Å². The molecule has 4 aliphatic carbocycles. The highest BCUT2D eigenvalue weighted by Crippen LogP contribution is 2.69. The number of ketones is 1. The van der Waals surface area contributed by atoms with Gasteiger partial charge in [0, 0.05) is 17.9 Å². The maximum atomic E-state index is 12.8. The number of esters is 1. The summed E-state index contributed by atoms with van der Waals surface area (Å²) in [6, 6.07) is 0. The van der Waals surface area contributed by atoms with Gasteiger partial charge in [-0.3, -0.25) is 9.59 Å². The van der Waals surface area contributed by atoms with Crippen LogP contribution in [-0.4, -0.2) is 29.1 Å². The summed E-state index contributed by atoms with van der Waals surface area (Å²) in [6.45, 7) is 8.85. The van der Waals surface area contributed by atoms with Gasteiger partial charge in [0.2, 0.25) is 0 Å². The Morgan fingerprint density at radius 3 is 2.52 bits per heavy atom. The molecule has 0 radical (unpaired) electrons. The summed E-state index contributed by atoms with van der Waals surface area (Å²) < 4.78 is 5.27. The van der Waals surface area contributed by atoms with Crippen molar-refractivity contribution >= 4 is 23.5 Å². The lowest BCUT2D eigenvalue weighted by atomic mass is 9.44. The average Bonchev–Trinajstić information content (AvgIpc) is 3.13. The van der Waals surface area contributed by atoms with Gasteiger partial charge in [0.05, 0.1) is 0 Å². The van der Waals surface area contributed by atoms with E-state index in [0.29, 0.717) is 41.8 Å². The first-order chi connectivity index (χ1) is 15.6. The molecule has 0 bridgehead atoms. The van der Waals surface area contributed by atoms with Crippen LogP contribution in [0.3, 0.4) is 0 Å². The number of fused-ring (bicyclic) bond motifs is 5. The number of hydrogen-bond donors (Lipinski definition) is 1. The van der Waals surface area contributed by atoms with Crippen LogP contribution in [0, 0.1) is 46.3 Å². The number of hydrogen-bond acceptors (Lipinski definition) is 5. The van der Waals surface area contributed by atoms with E-state index >= 15 is 0 Å². The average molecular weight is 477 g/mol. The largest absolute Gasteiger partial charge is 0.512 e. The molecule has 0 aliphatic heterocycles. The molecule has 3 saturated carbocycles. The highest BCUT2D eigenvalue weighted by Gasteiger charge is 2.62. The van der Waals surface area contributed by atoms with Gasteiger partial charge in [-0.05, 0) is 98.5 Å². The summed E-state index contributed by atoms with van der Waals surface area (Å²) >= 11 is 1.53. The van der Waals surface area contributed by atoms with E-state index < -0.39 is 0 Å². The van der Waals surface area contributed by atoms with Crippen molar-refractivity contribution in [2.75, 3.05) is 12.2 Å². The first kappa shape index (κ1) is 25.1. The van der Waals surface area contributed by atoms with E-state index in [1.54, 1.807) is 6.92 Å². The second kappa shape index (κ2) is 9.59. The van der Waals surface area contributed by atoms with Gasteiger partial charge in [-0.2, -0.15) is 0 Å². The number of aliphatic hydroxyl groups is 1. The molecule has 5 heteroatoms. The third-order valence-electron chi connectivity index (χ3n) is 10.6. The molecule has 4 aliphatic rings. The molecule has 3 fully saturated rings. The van der Waals surface area contributed by atoms with E-state index in [2.05, 4.69) is 20.8 Å². The molecule has 2 unspecified atom stereocenters. The summed E-state index contributed by atoms with van der Waals surface area (Å²) in [7, 11) is 0. The van der Waals surface area contributed by atoms with Crippen molar-refractivity contribution in [1.82, 2.24) is 0 Å². The van der Waals surface area contributed by atoms with Crippen molar-refractivity contribution in [2.45, 2.75) is 91.9 Å². The third-order valence-corrected chi connectivity index (χ3v) is 10.9. The Balaban J connectivity index is 1.58. The van der Waals surface area contributed by atoms with Gasteiger partial charge in [0.15, 0.2) is 5.78 Å². The minimum absolute atomic E-state index is 0.0861. The fraction of sp³-hybridized carbons (Fsp3) is 0.857. The zero-order valence-electron chi connectivity index (χ0n) is 21.3. The smallest absolute Gasteiger partial charge is 0.306 e. The van der Waals surface area contributed by atoms with Crippen molar-refractivity contribution in [3.05, 3.63) is 11.3 Å². The van der Waals surface area contributed by atoms with Crippen LogP contribution in [0.25, 0.3) is 0 Å². The number of allylic oxidation sites excluding steroid dienone is 2. The van der Waals surface area contributed by atoms with Crippen molar-refractivity contribution < 1.29 is 19.4 Å². The summed E-state index contributed by atoms with van der Waals surface area (Å²) in [4.78, 5) is 24.9. The third kappa shape index (κ3) is 4.19. The zero-order chi connectivity index (χ0) is 24.0. The molecule has 0 amide bonds. The fourth-order valence-corrected chi connectivity index (χ4v) is 9.29. The van der Waals surface area contributed by atoms with E-state index in [-0.39, 0.29) is 34.4 Å². The van der Waals surface area contributed by atoms with Crippen molar-refractivity contribution in [3.63, 3.8) is 0 Å². The predicted octanol–water partition coefficient (Wildman–Crippen LogP) is 6.94. The zero-order valence-corrected chi connectivity index (χ0v) is 22.1. The van der Waals surface area contributed by atoms with Gasteiger partial charge in [0.25, 0.3) is 0 Å². The molecule has 0 saturated heterocycles. The lowest BCUT2D eigenvalue weighted by Gasteiger charge is -2.60. The Hall–Kier alpha value is -0.970. The quantitative estimate of drug-likeness (QED) is 0.319. The fourth-order valence-electron chi connectivity index (χ4n) is 9.04. The van der Waals surface area contributed by atoms with Crippen LogP contribution in [-0.2, 0) is 14.3 Å². The van der Waals surface area contributed by atoms with E-state index in [1.165, 1.54) is 37.4 Å². The second-order valence-corrected chi connectivity index (χ2v) is 12.9. The van der Waals surface area contributed by atoms with Gasteiger partial charge < -0.3 is 9.84 Å². The van der Waals surface area contributed by atoms with Crippen LogP contribution < -0.4 is 0 Å². The summed E-state index contributed by atoms with van der Waals surface area (Å²) in [5, 5.41) is 11.6. The molecule has 0 spiro atoms. The van der Waals surface area contributed by atoms with Crippen LogP contribution in [0.4, 0.5) is 0 Å². The van der Waals surface area contributed by atoms with Crippen molar-refractivity contribution in [3.8, 4) is 0 Å². The summed E-state index contributed by atoms with van der Waals surface area (Å²) in [6.07, 6.45) is 12.6. The SMILES string of the molecule is CSCOC(=O)CCC(C)[C@H]1CC[C@H]2[C@@H]3C(O)=C(C(C)=O)C4CCCC[C@]4(C)[C@H]3CC[C@]12C. The number of thioether (sulfide) groups is 1. The molecule has 4 nitrogen and oxygen atoms in total. The molecule has 33 heavy (non-hydrogen) atoms. The van der Waals surface area contributed by atoms with Gasteiger partial charge in [-0.1, -0.05) is 33.6 Å². The van der Waals surface area contributed by atoms with E-state index in [1.807, 2.05) is 6.26 Å². The predicted molar refractivity (Wildman–Crippen MR) is 134 cm³/mol. The Labute approximate surface area is 204 Å². The monoisotopic (exact) mass is 476 g/mol. The molecule has 0 aromatic carbocycles. The first-order valence-electron chi connectivity index (χ1n) is 13.2. The molecular formula is C28H44O4S. The number of aliphatic hydroxyl groups excluding tert-OH is 1. The first-order valence-corrected chi connectivity index (χ1v) is 14.6. The number of rotatable bonds is 7. The highest BCUT2D eigenvalue weighted by molar-refractivity contribution is 7.98. The van der Waals surface area contributed by atoms with E-state index in [9.17, 15) is 14.7 Å². The molecule has 8 atom stereocenters. The molecule has 0 aromatic heterocycles. The molecule has 0 heterocycles. The number of ether oxygens (including phenoxy) is 1. The minimum Gasteiger partial charge on any atom is -0.512 e. The molecule has 1 N–H and O–H groups in total. The van der Waals surface area contributed by atoms with Crippen LogP contribution >= 0.6 is 11.8 Å². The lowest BCUT2D eigenvalue weighted by Crippen LogP contribution is -2.54. The minimum atomic E-state index is -0.0881. The molecular weight excluding hydrogens is 432 g/mol. The molecule has 0 aromatic rings. The van der Waals surface area contributed by atoms with Gasteiger partial charge in [-0.25, -0.2) is 0 Å². The molecule has 186 valence electrons. The van der Waals surface area contributed by atoms with Gasteiger partial charge in [0.1, 0.15) is 11.7 Å². The highest BCUT2D eigenvalue weighted by atomic mass is 32.2. The topological polar surface area (TPSA) is 63.6 Å². The van der Waals surface area contributed by atoms with Gasteiger partial charge in [-0.15, -0.1) is 11.8 Å². The maximum absolute atomic E-state index is 12.8. The van der Waals surface area contributed by atoms with Gasteiger partial charge >= 0.3 is 5.97 Å². The normalized spacial score (nSPS) is 41.1. The second-order valence-electron chi connectivity index (χ2n) is 12.1. The Morgan fingerprint density at radius 1 is 1.09 bits per heavy atom.